The van der Waals surface area contributed by atoms with Gasteiger partial charge in [-0.2, -0.15) is 4.98 Å². The average Bonchev–Trinajstić information content (AvgIpc) is 2.95. The Hall–Kier alpha value is -2.51. The van der Waals surface area contributed by atoms with Crippen molar-refractivity contribution in [2.24, 2.45) is 0 Å². The van der Waals surface area contributed by atoms with Crippen LogP contribution in [0.5, 0.6) is 5.88 Å². The minimum absolute atomic E-state index is 0.104. The van der Waals surface area contributed by atoms with Crippen molar-refractivity contribution in [3.8, 4) is 17.3 Å². The molecule has 28 heavy (non-hydrogen) atoms. The lowest BCUT2D eigenvalue weighted by Crippen LogP contribution is -2.33. The van der Waals surface area contributed by atoms with Gasteiger partial charge in [0.05, 0.1) is 25.3 Å². The number of carbonyl (C=O) groups is 1. The minimum Gasteiger partial charge on any atom is -0.475 e. The molecule has 0 atom stereocenters. The number of hydrogen-bond donors (Lipinski definition) is 0. The summed E-state index contributed by atoms with van der Waals surface area (Å²) in [6.07, 6.45) is 1.74. The van der Waals surface area contributed by atoms with Gasteiger partial charge in [0.2, 0.25) is 11.8 Å². The molecule has 1 aromatic carbocycles. The second kappa shape index (κ2) is 10.1. The Morgan fingerprint density at radius 1 is 1.00 bits per heavy atom. The van der Waals surface area contributed by atoms with Crippen LogP contribution in [0.15, 0.2) is 30.3 Å². The van der Waals surface area contributed by atoms with Gasteiger partial charge in [-0.25, -0.2) is 4.98 Å². The molecule has 1 aliphatic rings. The lowest BCUT2D eigenvalue weighted by atomic mass is 10.1. The predicted octanol–water partition coefficient (Wildman–Crippen LogP) is 2.13. The fraction of sp³-hybridized carbons (Fsp3) is 0.476. The van der Waals surface area contributed by atoms with E-state index in [1.807, 2.05) is 35.2 Å². The Morgan fingerprint density at radius 3 is 2.50 bits per heavy atom. The Morgan fingerprint density at radius 2 is 1.75 bits per heavy atom. The molecule has 2 aromatic rings. The largest absolute Gasteiger partial charge is 0.475 e. The molecule has 1 aromatic heterocycles. The lowest BCUT2D eigenvalue weighted by Gasteiger charge is -2.19. The molecule has 1 amide bonds. The number of hydrogen-bond acceptors (Lipinski definition) is 6. The maximum absolute atomic E-state index is 12.4. The summed E-state index contributed by atoms with van der Waals surface area (Å²) in [6, 6.07) is 9.86. The normalized spacial score (nSPS) is 13.7. The van der Waals surface area contributed by atoms with Crippen LogP contribution in [0.4, 0.5) is 0 Å². The molecule has 0 fully saturated rings. The van der Waals surface area contributed by atoms with Crippen LogP contribution >= 0.6 is 0 Å². The van der Waals surface area contributed by atoms with Gasteiger partial charge >= 0.3 is 0 Å². The van der Waals surface area contributed by atoms with Crippen LogP contribution in [0.25, 0.3) is 11.4 Å². The van der Waals surface area contributed by atoms with Crippen molar-refractivity contribution < 1.29 is 19.0 Å². The molecule has 0 bridgehead atoms. The van der Waals surface area contributed by atoms with Crippen molar-refractivity contribution in [1.82, 2.24) is 14.9 Å². The molecular weight excluding hydrogens is 358 g/mol. The quantitative estimate of drug-likeness (QED) is 0.648. The van der Waals surface area contributed by atoms with Crippen molar-refractivity contribution in [2.45, 2.75) is 19.3 Å². The standard InChI is InChI=1S/C21H27N3O4/c1-26-13-10-19(25)24-11-8-17-18(9-12-24)22-20(16-6-4-3-5-7-16)23-21(17)28-15-14-27-2/h3-7H,8-15H2,1-2H3. The molecule has 0 N–H and O–H groups in total. The highest BCUT2D eigenvalue weighted by atomic mass is 16.5. The SMILES string of the molecule is COCCOc1nc(-c2ccccc2)nc2c1CCN(C(=O)CCOC)CC2. The van der Waals surface area contributed by atoms with Gasteiger partial charge in [-0.1, -0.05) is 30.3 Å². The van der Waals surface area contributed by atoms with Crippen LogP contribution < -0.4 is 4.74 Å². The second-order valence-corrected chi connectivity index (χ2v) is 6.61. The van der Waals surface area contributed by atoms with Gasteiger partial charge in [-0.3, -0.25) is 4.79 Å². The van der Waals surface area contributed by atoms with Crippen LogP contribution in [-0.4, -0.2) is 67.9 Å². The zero-order valence-corrected chi connectivity index (χ0v) is 16.5. The van der Waals surface area contributed by atoms with E-state index in [-0.39, 0.29) is 5.91 Å². The molecule has 0 radical (unpaired) electrons. The summed E-state index contributed by atoms with van der Waals surface area (Å²) in [4.78, 5) is 23.8. The number of aromatic nitrogens is 2. The molecule has 7 nitrogen and oxygen atoms in total. The molecule has 150 valence electrons. The average molecular weight is 385 g/mol. The minimum atomic E-state index is 0.104. The van der Waals surface area contributed by atoms with Gasteiger partial charge in [0, 0.05) is 44.9 Å². The van der Waals surface area contributed by atoms with Gasteiger partial charge in [0.1, 0.15) is 6.61 Å². The molecule has 0 unspecified atom stereocenters. The van der Waals surface area contributed by atoms with E-state index in [9.17, 15) is 4.79 Å². The van der Waals surface area contributed by atoms with Crippen LogP contribution in [-0.2, 0) is 27.1 Å². The Kier molecular flexibility index (Phi) is 7.33. The molecule has 2 heterocycles. The summed E-state index contributed by atoms with van der Waals surface area (Å²) >= 11 is 0. The number of fused-ring (bicyclic) bond motifs is 1. The van der Waals surface area contributed by atoms with Crippen molar-refractivity contribution in [3.05, 3.63) is 41.6 Å². The van der Waals surface area contributed by atoms with Crippen molar-refractivity contribution in [2.75, 3.05) is 47.1 Å². The molecule has 0 saturated heterocycles. The lowest BCUT2D eigenvalue weighted by molar-refractivity contribution is -0.132. The fourth-order valence-electron chi connectivity index (χ4n) is 3.22. The first kappa shape index (κ1) is 20.2. The van der Waals surface area contributed by atoms with E-state index in [1.54, 1.807) is 14.2 Å². The molecule has 0 saturated carbocycles. The first-order valence-corrected chi connectivity index (χ1v) is 9.56. The maximum Gasteiger partial charge on any atom is 0.224 e. The summed E-state index contributed by atoms with van der Waals surface area (Å²) < 4.78 is 16.1. The van der Waals surface area contributed by atoms with Gasteiger partial charge in [-0.05, 0) is 6.42 Å². The fourth-order valence-corrected chi connectivity index (χ4v) is 3.22. The maximum atomic E-state index is 12.4. The van der Waals surface area contributed by atoms with E-state index in [0.717, 1.165) is 16.8 Å². The number of methoxy groups -OCH3 is 2. The number of rotatable bonds is 8. The monoisotopic (exact) mass is 385 g/mol. The van der Waals surface area contributed by atoms with Crippen LogP contribution in [0.1, 0.15) is 17.7 Å². The molecule has 1 aliphatic heterocycles. The molecule has 3 rings (SSSR count). The molecule has 0 aliphatic carbocycles. The summed E-state index contributed by atoms with van der Waals surface area (Å²) in [6.45, 7) is 2.61. The number of benzene rings is 1. The van der Waals surface area contributed by atoms with Crippen LogP contribution in [0.3, 0.4) is 0 Å². The highest BCUT2D eigenvalue weighted by molar-refractivity contribution is 5.76. The third kappa shape index (κ3) is 5.05. The number of ether oxygens (including phenoxy) is 3. The molecule has 7 heteroatoms. The first-order chi connectivity index (χ1) is 13.7. The van der Waals surface area contributed by atoms with E-state index in [0.29, 0.717) is 63.9 Å². The Bertz CT molecular complexity index is 783. The highest BCUT2D eigenvalue weighted by Gasteiger charge is 2.23. The van der Waals surface area contributed by atoms with E-state index < -0.39 is 0 Å². The first-order valence-electron chi connectivity index (χ1n) is 9.56. The van der Waals surface area contributed by atoms with Crippen molar-refractivity contribution in [3.63, 3.8) is 0 Å². The van der Waals surface area contributed by atoms with Gasteiger partial charge in [0.15, 0.2) is 5.82 Å². The smallest absolute Gasteiger partial charge is 0.224 e. The number of amides is 1. The van der Waals surface area contributed by atoms with Gasteiger partial charge in [-0.15, -0.1) is 0 Å². The third-order valence-corrected chi connectivity index (χ3v) is 4.74. The molecule has 0 spiro atoms. The van der Waals surface area contributed by atoms with Crippen LogP contribution in [0, 0.1) is 0 Å². The zero-order valence-electron chi connectivity index (χ0n) is 16.5. The highest BCUT2D eigenvalue weighted by Crippen LogP contribution is 2.27. The third-order valence-electron chi connectivity index (χ3n) is 4.74. The van der Waals surface area contributed by atoms with E-state index in [2.05, 4.69) is 4.98 Å². The van der Waals surface area contributed by atoms with Gasteiger partial charge in [0.25, 0.3) is 0 Å². The predicted molar refractivity (Wildman–Crippen MR) is 105 cm³/mol. The van der Waals surface area contributed by atoms with Crippen LogP contribution in [0.2, 0.25) is 0 Å². The summed E-state index contributed by atoms with van der Waals surface area (Å²) in [5.41, 5.74) is 2.88. The number of nitrogens with zero attached hydrogens (tertiary/aromatic N) is 3. The topological polar surface area (TPSA) is 73.8 Å². The van der Waals surface area contributed by atoms with E-state index in [1.165, 1.54) is 0 Å². The number of carbonyl (C=O) groups excluding carboxylic acids is 1. The Labute approximate surface area is 165 Å². The summed E-state index contributed by atoms with van der Waals surface area (Å²) in [5.74, 6) is 1.34. The van der Waals surface area contributed by atoms with Crippen molar-refractivity contribution >= 4 is 5.91 Å². The summed E-state index contributed by atoms with van der Waals surface area (Å²) in [7, 11) is 3.25. The van der Waals surface area contributed by atoms with E-state index in [4.69, 9.17) is 19.2 Å². The zero-order chi connectivity index (χ0) is 19.8. The Balaban J connectivity index is 1.86. The van der Waals surface area contributed by atoms with E-state index >= 15 is 0 Å². The van der Waals surface area contributed by atoms with Gasteiger partial charge < -0.3 is 19.1 Å². The second-order valence-electron chi connectivity index (χ2n) is 6.61. The molecular formula is C21H27N3O4. The van der Waals surface area contributed by atoms with Crippen molar-refractivity contribution in [1.29, 1.82) is 0 Å². The summed E-state index contributed by atoms with van der Waals surface area (Å²) in [5, 5.41) is 0.